The van der Waals surface area contributed by atoms with Crippen LogP contribution in [0.2, 0.25) is 0 Å². The van der Waals surface area contributed by atoms with Crippen LogP contribution in [0.1, 0.15) is 17.0 Å². The number of hydrogen-bond acceptors (Lipinski definition) is 2. The molecular formula is C16H17N3. The Balaban J connectivity index is 1.76. The standard InChI is InChI=1S/C16H17N3/c1-11-6-7-12(10-13(11)17)8-9-16-18-14-4-2-3-5-15(14)19-16/h2-7,10H,8-9,17H2,1H3,(H,18,19). The third-order valence-corrected chi connectivity index (χ3v) is 3.43. The van der Waals surface area contributed by atoms with Gasteiger partial charge in [-0.1, -0.05) is 24.3 Å². The van der Waals surface area contributed by atoms with Crippen molar-refractivity contribution in [3.05, 3.63) is 59.4 Å². The van der Waals surface area contributed by atoms with Gasteiger partial charge >= 0.3 is 0 Å². The molecule has 96 valence electrons. The van der Waals surface area contributed by atoms with E-state index in [2.05, 4.69) is 34.2 Å². The largest absolute Gasteiger partial charge is 0.399 e. The molecule has 1 aromatic heterocycles. The Morgan fingerprint density at radius 2 is 1.95 bits per heavy atom. The minimum absolute atomic E-state index is 0.863. The second-order valence-electron chi connectivity index (χ2n) is 4.89. The molecule has 0 spiro atoms. The fourth-order valence-electron chi connectivity index (χ4n) is 2.23. The monoisotopic (exact) mass is 251 g/mol. The first-order valence-electron chi connectivity index (χ1n) is 6.51. The number of H-pyrrole nitrogens is 1. The van der Waals surface area contributed by atoms with Crippen molar-refractivity contribution in [3.8, 4) is 0 Å². The molecule has 19 heavy (non-hydrogen) atoms. The Morgan fingerprint density at radius 3 is 2.74 bits per heavy atom. The molecule has 0 amide bonds. The maximum atomic E-state index is 5.93. The van der Waals surface area contributed by atoms with Gasteiger partial charge in [-0.05, 0) is 42.7 Å². The predicted molar refractivity (Wildman–Crippen MR) is 79.1 cm³/mol. The number of aryl methyl sites for hydroxylation is 3. The molecule has 0 bridgehead atoms. The van der Waals surface area contributed by atoms with Gasteiger partial charge < -0.3 is 10.7 Å². The second-order valence-corrected chi connectivity index (χ2v) is 4.89. The van der Waals surface area contributed by atoms with Gasteiger partial charge in [0.2, 0.25) is 0 Å². The van der Waals surface area contributed by atoms with E-state index >= 15 is 0 Å². The van der Waals surface area contributed by atoms with Crippen molar-refractivity contribution in [3.63, 3.8) is 0 Å². The van der Waals surface area contributed by atoms with Gasteiger partial charge in [0.1, 0.15) is 5.82 Å². The number of nitrogens with zero attached hydrogens (tertiary/aromatic N) is 1. The lowest BCUT2D eigenvalue weighted by Gasteiger charge is -2.04. The summed E-state index contributed by atoms with van der Waals surface area (Å²) in [5, 5.41) is 0. The van der Waals surface area contributed by atoms with Crippen molar-refractivity contribution in [2.45, 2.75) is 19.8 Å². The van der Waals surface area contributed by atoms with Gasteiger partial charge in [-0.3, -0.25) is 0 Å². The van der Waals surface area contributed by atoms with Gasteiger partial charge in [0.15, 0.2) is 0 Å². The number of aromatic nitrogens is 2. The maximum absolute atomic E-state index is 5.93. The third-order valence-electron chi connectivity index (χ3n) is 3.43. The fraction of sp³-hybridized carbons (Fsp3) is 0.188. The van der Waals surface area contributed by atoms with E-state index in [1.807, 2.05) is 25.1 Å². The van der Waals surface area contributed by atoms with Gasteiger partial charge in [0, 0.05) is 12.1 Å². The van der Waals surface area contributed by atoms with Crippen LogP contribution in [-0.4, -0.2) is 9.97 Å². The molecule has 3 rings (SSSR count). The highest BCUT2D eigenvalue weighted by molar-refractivity contribution is 5.74. The van der Waals surface area contributed by atoms with Gasteiger partial charge in [0.25, 0.3) is 0 Å². The number of benzene rings is 2. The van der Waals surface area contributed by atoms with Crippen molar-refractivity contribution in [2.75, 3.05) is 5.73 Å². The second kappa shape index (κ2) is 4.76. The zero-order chi connectivity index (χ0) is 13.2. The molecule has 2 aromatic carbocycles. The van der Waals surface area contributed by atoms with Crippen LogP contribution in [0.4, 0.5) is 5.69 Å². The normalized spacial score (nSPS) is 11.0. The summed E-state index contributed by atoms with van der Waals surface area (Å²) < 4.78 is 0. The van der Waals surface area contributed by atoms with Gasteiger partial charge in [-0.25, -0.2) is 4.98 Å². The number of nitrogens with two attached hydrogens (primary N) is 1. The number of nitrogens with one attached hydrogen (secondary N) is 1. The van der Waals surface area contributed by atoms with E-state index in [1.54, 1.807) is 0 Å². The van der Waals surface area contributed by atoms with Crippen molar-refractivity contribution in [1.82, 2.24) is 9.97 Å². The average Bonchev–Trinajstić information content (AvgIpc) is 2.83. The third kappa shape index (κ3) is 2.45. The van der Waals surface area contributed by atoms with Crippen molar-refractivity contribution >= 4 is 16.7 Å². The van der Waals surface area contributed by atoms with Crippen LogP contribution in [-0.2, 0) is 12.8 Å². The lowest BCUT2D eigenvalue weighted by atomic mass is 10.1. The molecule has 3 N–H and O–H groups in total. The summed E-state index contributed by atoms with van der Waals surface area (Å²) in [4.78, 5) is 7.93. The number of nitrogen functional groups attached to an aromatic ring is 1. The van der Waals surface area contributed by atoms with Crippen molar-refractivity contribution < 1.29 is 0 Å². The summed E-state index contributed by atoms with van der Waals surface area (Å²) >= 11 is 0. The molecule has 0 fully saturated rings. The number of hydrogen-bond donors (Lipinski definition) is 2. The Labute approximate surface area is 112 Å². The molecule has 3 heteroatoms. The molecule has 0 aliphatic heterocycles. The maximum Gasteiger partial charge on any atom is 0.107 e. The Hall–Kier alpha value is -2.29. The van der Waals surface area contributed by atoms with Crippen LogP contribution >= 0.6 is 0 Å². The van der Waals surface area contributed by atoms with E-state index in [0.29, 0.717) is 0 Å². The van der Waals surface area contributed by atoms with Crippen LogP contribution in [0.3, 0.4) is 0 Å². The average molecular weight is 251 g/mol. The highest BCUT2D eigenvalue weighted by Gasteiger charge is 2.03. The van der Waals surface area contributed by atoms with E-state index in [4.69, 9.17) is 5.73 Å². The smallest absolute Gasteiger partial charge is 0.107 e. The molecule has 0 unspecified atom stereocenters. The quantitative estimate of drug-likeness (QED) is 0.702. The summed E-state index contributed by atoms with van der Waals surface area (Å²) in [5.74, 6) is 1.03. The molecule has 0 aliphatic carbocycles. The first-order chi connectivity index (χ1) is 9.22. The minimum atomic E-state index is 0.863. The Kier molecular flexibility index (Phi) is 2.95. The molecule has 0 aliphatic rings. The molecule has 0 atom stereocenters. The van der Waals surface area contributed by atoms with Crippen LogP contribution in [0, 0.1) is 6.92 Å². The van der Waals surface area contributed by atoms with Gasteiger partial charge in [0.05, 0.1) is 11.0 Å². The van der Waals surface area contributed by atoms with E-state index in [1.165, 1.54) is 5.56 Å². The molecule has 3 nitrogen and oxygen atoms in total. The fourth-order valence-corrected chi connectivity index (χ4v) is 2.23. The Bertz CT molecular complexity index is 680. The SMILES string of the molecule is Cc1ccc(CCc2nc3ccccc3[nH]2)cc1N. The lowest BCUT2D eigenvalue weighted by molar-refractivity contribution is 0.890. The van der Waals surface area contributed by atoms with E-state index in [-0.39, 0.29) is 0 Å². The number of para-hydroxylation sites is 2. The molecule has 0 saturated carbocycles. The highest BCUT2D eigenvalue weighted by Crippen LogP contribution is 2.16. The summed E-state index contributed by atoms with van der Waals surface area (Å²) in [6.07, 6.45) is 1.85. The number of anilines is 1. The van der Waals surface area contributed by atoms with E-state index in [0.717, 1.165) is 41.0 Å². The lowest BCUT2D eigenvalue weighted by Crippen LogP contribution is -1.96. The Morgan fingerprint density at radius 1 is 1.11 bits per heavy atom. The molecule has 3 aromatic rings. The summed E-state index contributed by atoms with van der Waals surface area (Å²) in [6, 6.07) is 14.4. The van der Waals surface area contributed by atoms with Gasteiger partial charge in [-0.2, -0.15) is 0 Å². The number of aromatic amines is 1. The van der Waals surface area contributed by atoms with Crippen molar-refractivity contribution in [2.24, 2.45) is 0 Å². The molecule has 0 radical (unpaired) electrons. The van der Waals surface area contributed by atoms with Crippen LogP contribution in [0.5, 0.6) is 0 Å². The summed E-state index contributed by atoms with van der Waals surface area (Å²) in [7, 11) is 0. The molecule has 1 heterocycles. The summed E-state index contributed by atoms with van der Waals surface area (Å²) in [5.41, 5.74) is 11.3. The summed E-state index contributed by atoms with van der Waals surface area (Å²) in [6.45, 7) is 2.03. The predicted octanol–water partition coefficient (Wildman–Crippen LogP) is 3.24. The minimum Gasteiger partial charge on any atom is -0.399 e. The van der Waals surface area contributed by atoms with Crippen molar-refractivity contribution in [1.29, 1.82) is 0 Å². The first-order valence-corrected chi connectivity index (χ1v) is 6.51. The van der Waals surface area contributed by atoms with E-state index < -0.39 is 0 Å². The van der Waals surface area contributed by atoms with Crippen LogP contribution in [0.25, 0.3) is 11.0 Å². The zero-order valence-corrected chi connectivity index (χ0v) is 11.0. The van der Waals surface area contributed by atoms with Gasteiger partial charge in [-0.15, -0.1) is 0 Å². The topological polar surface area (TPSA) is 54.7 Å². The number of fused-ring (bicyclic) bond motifs is 1. The highest BCUT2D eigenvalue weighted by atomic mass is 14.9. The molecule has 0 saturated heterocycles. The zero-order valence-electron chi connectivity index (χ0n) is 11.0. The number of rotatable bonds is 3. The number of imidazole rings is 1. The van der Waals surface area contributed by atoms with E-state index in [9.17, 15) is 0 Å². The molecular weight excluding hydrogens is 234 g/mol. The first kappa shape index (κ1) is 11.8. The van der Waals surface area contributed by atoms with Crippen LogP contribution in [0.15, 0.2) is 42.5 Å². The van der Waals surface area contributed by atoms with Crippen LogP contribution < -0.4 is 5.73 Å².